The maximum Gasteiger partial charge on any atom is 0.165 e. The summed E-state index contributed by atoms with van der Waals surface area (Å²) in [6, 6.07) is 5.03. The lowest BCUT2D eigenvalue weighted by molar-refractivity contribution is 0.0969. The highest BCUT2D eigenvalue weighted by Crippen LogP contribution is 2.22. The first-order valence-electron chi connectivity index (χ1n) is 5.87. The molecule has 92 valence electrons. The second kappa shape index (κ2) is 5.85. The van der Waals surface area contributed by atoms with Crippen LogP contribution in [-0.2, 0) is 0 Å². The number of hydrogen-bond donors (Lipinski definition) is 0. The first kappa shape index (κ1) is 12.9. The maximum absolute atomic E-state index is 12.0. The number of likely N-dealkylation sites (tertiary alicyclic amines) is 1. The van der Waals surface area contributed by atoms with E-state index in [-0.39, 0.29) is 5.78 Å². The van der Waals surface area contributed by atoms with Crippen molar-refractivity contribution >= 4 is 29.0 Å². The van der Waals surface area contributed by atoms with E-state index in [2.05, 4.69) is 4.90 Å². The minimum absolute atomic E-state index is 0.0959. The van der Waals surface area contributed by atoms with Gasteiger partial charge in [-0.2, -0.15) is 0 Å². The van der Waals surface area contributed by atoms with Crippen LogP contribution in [0.4, 0.5) is 0 Å². The molecule has 0 N–H and O–H groups in total. The van der Waals surface area contributed by atoms with Gasteiger partial charge in [-0.3, -0.25) is 4.79 Å². The number of halogens is 2. The van der Waals surface area contributed by atoms with Crippen molar-refractivity contribution in [3.63, 3.8) is 0 Å². The summed E-state index contributed by atoms with van der Waals surface area (Å²) in [5, 5.41) is 1.01. The van der Waals surface area contributed by atoms with Crippen molar-refractivity contribution in [2.75, 3.05) is 19.6 Å². The van der Waals surface area contributed by atoms with Gasteiger partial charge in [0.1, 0.15) is 0 Å². The van der Waals surface area contributed by atoms with Gasteiger partial charge in [-0.05, 0) is 44.1 Å². The fourth-order valence-electron chi connectivity index (χ4n) is 2.12. The third-order valence-corrected chi connectivity index (χ3v) is 3.63. The van der Waals surface area contributed by atoms with Crippen LogP contribution in [0.25, 0.3) is 0 Å². The highest BCUT2D eigenvalue weighted by atomic mass is 35.5. The quantitative estimate of drug-likeness (QED) is 0.779. The Labute approximate surface area is 112 Å². The Kier molecular flexibility index (Phi) is 4.43. The Balaban J connectivity index is 1.94. The molecule has 1 saturated heterocycles. The number of Topliss-reactive ketones (excluding diaryl/α,β-unsaturated/α-hetero) is 1. The minimum Gasteiger partial charge on any atom is -0.303 e. The van der Waals surface area contributed by atoms with E-state index in [0.717, 1.165) is 19.6 Å². The molecule has 0 radical (unpaired) electrons. The average Bonchev–Trinajstić information content (AvgIpc) is 2.78. The molecule has 4 heteroatoms. The molecular weight excluding hydrogens is 257 g/mol. The van der Waals surface area contributed by atoms with E-state index in [1.165, 1.54) is 12.8 Å². The predicted octanol–water partition coefficient (Wildman–Crippen LogP) is 3.66. The molecule has 0 unspecified atom stereocenters. The molecule has 1 aromatic carbocycles. The molecule has 0 atom stereocenters. The second-order valence-electron chi connectivity index (χ2n) is 4.35. The van der Waals surface area contributed by atoms with Gasteiger partial charge >= 0.3 is 0 Å². The third-order valence-electron chi connectivity index (χ3n) is 3.09. The van der Waals surface area contributed by atoms with Crippen molar-refractivity contribution in [2.24, 2.45) is 0 Å². The van der Waals surface area contributed by atoms with E-state index in [9.17, 15) is 4.79 Å². The zero-order chi connectivity index (χ0) is 12.3. The lowest BCUT2D eigenvalue weighted by atomic mass is 10.1. The first-order chi connectivity index (χ1) is 8.16. The van der Waals surface area contributed by atoms with Crippen LogP contribution in [0.2, 0.25) is 10.0 Å². The summed E-state index contributed by atoms with van der Waals surface area (Å²) >= 11 is 11.8. The number of rotatable bonds is 4. The summed E-state index contributed by atoms with van der Waals surface area (Å²) < 4.78 is 0. The summed E-state index contributed by atoms with van der Waals surface area (Å²) in [4.78, 5) is 14.3. The van der Waals surface area contributed by atoms with Crippen LogP contribution in [-0.4, -0.2) is 30.3 Å². The standard InChI is InChI=1S/C13H15Cl2NO/c14-10-3-4-11(12(15)9-10)13(17)5-8-16-6-1-2-7-16/h3-4,9H,1-2,5-8H2. The SMILES string of the molecule is O=C(CCN1CCCC1)c1ccc(Cl)cc1Cl. The predicted molar refractivity (Wildman–Crippen MR) is 71.1 cm³/mol. The molecule has 0 bridgehead atoms. The molecule has 0 aromatic heterocycles. The van der Waals surface area contributed by atoms with Gasteiger partial charge in [-0.25, -0.2) is 0 Å². The van der Waals surface area contributed by atoms with Crippen LogP contribution in [0.3, 0.4) is 0 Å². The highest BCUT2D eigenvalue weighted by Gasteiger charge is 2.15. The van der Waals surface area contributed by atoms with Gasteiger partial charge in [0.2, 0.25) is 0 Å². The molecular formula is C13H15Cl2NO. The molecule has 0 amide bonds. The average molecular weight is 272 g/mol. The van der Waals surface area contributed by atoms with Gasteiger partial charge in [0.25, 0.3) is 0 Å². The van der Waals surface area contributed by atoms with Crippen molar-refractivity contribution in [3.05, 3.63) is 33.8 Å². The monoisotopic (exact) mass is 271 g/mol. The zero-order valence-corrected chi connectivity index (χ0v) is 11.1. The van der Waals surface area contributed by atoms with Crippen LogP contribution in [0.5, 0.6) is 0 Å². The topological polar surface area (TPSA) is 20.3 Å². The minimum atomic E-state index is 0.0959. The van der Waals surface area contributed by atoms with E-state index in [4.69, 9.17) is 23.2 Å². The van der Waals surface area contributed by atoms with E-state index in [1.807, 2.05) is 0 Å². The lowest BCUT2D eigenvalue weighted by Gasteiger charge is -2.13. The summed E-state index contributed by atoms with van der Waals surface area (Å²) in [6.07, 6.45) is 3.02. The molecule has 2 rings (SSSR count). The summed E-state index contributed by atoms with van der Waals surface area (Å²) in [6.45, 7) is 3.06. The Morgan fingerprint density at radius 3 is 2.59 bits per heavy atom. The maximum atomic E-state index is 12.0. The van der Waals surface area contributed by atoms with Crippen LogP contribution in [0.15, 0.2) is 18.2 Å². The van der Waals surface area contributed by atoms with Crippen LogP contribution >= 0.6 is 23.2 Å². The van der Waals surface area contributed by atoms with E-state index in [1.54, 1.807) is 18.2 Å². The Hall–Kier alpha value is -0.570. The molecule has 0 spiro atoms. The third kappa shape index (κ3) is 3.44. The van der Waals surface area contributed by atoms with Gasteiger partial charge in [0.15, 0.2) is 5.78 Å². The van der Waals surface area contributed by atoms with Crippen molar-refractivity contribution < 1.29 is 4.79 Å². The summed E-state index contributed by atoms with van der Waals surface area (Å²) in [7, 11) is 0. The number of nitrogens with zero attached hydrogens (tertiary/aromatic N) is 1. The fraction of sp³-hybridized carbons (Fsp3) is 0.462. The number of ketones is 1. The number of hydrogen-bond acceptors (Lipinski definition) is 2. The molecule has 2 nitrogen and oxygen atoms in total. The first-order valence-corrected chi connectivity index (χ1v) is 6.63. The summed E-state index contributed by atoms with van der Waals surface area (Å²) in [5.41, 5.74) is 0.579. The van der Waals surface area contributed by atoms with Crippen molar-refractivity contribution in [1.82, 2.24) is 4.90 Å². The van der Waals surface area contributed by atoms with E-state index in [0.29, 0.717) is 22.0 Å². The molecule has 1 fully saturated rings. The fourth-order valence-corrected chi connectivity index (χ4v) is 2.63. The van der Waals surface area contributed by atoms with Crippen LogP contribution < -0.4 is 0 Å². The Morgan fingerprint density at radius 1 is 1.24 bits per heavy atom. The summed E-state index contributed by atoms with van der Waals surface area (Å²) in [5.74, 6) is 0.0959. The van der Waals surface area contributed by atoms with Crippen molar-refractivity contribution in [2.45, 2.75) is 19.3 Å². The smallest absolute Gasteiger partial charge is 0.165 e. The highest BCUT2D eigenvalue weighted by molar-refractivity contribution is 6.36. The van der Waals surface area contributed by atoms with Crippen LogP contribution in [0.1, 0.15) is 29.6 Å². The largest absolute Gasteiger partial charge is 0.303 e. The number of benzene rings is 1. The Bertz CT molecular complexity index is 414. The van der Waals surface area contributed by atoms with E-state index < -0.39 is 0 Å². The molecule has 1 heterocycles. The van der Waals surface area contributed by atoms with Gasteiger partial charge in [0.05, 0.1) is 5.02 Å². The molecule has 0 aliphatic carbocycles. The van der Waals surface area contributed by atoms with Gasteiger partial charge in [-0.1, -0.05) is 23.2 Å². The zero-order valence-electron chi connectivity index (χ0n) is 9.59. The molecule has 0 saturated carbocycles. The van der Waals surface area contributed by atoms with Crippen molar-refractivity contribution in [1.29, 1.82) is 0 Å². The van der Waals surface area contributed by atoms with Gasteiger partial charge in [-0.15, -0.1) is 0 Å². The molecule has 1 aliphatic rings. The molecule has 1 aliphatic heterocycles. The molecule has 1 aromatic rings. The van der Waals surface area contributed by atoms with Gasteiger partial charge < -0.3 is 4.90 Å². The Morgan fingerprint density at radius 2 is 1.94 bits per heavy atom. The number of carbonyl (C=O) groups is 1. The lowest BCUT2D eigenvalue weighted by Crippen LogP contribution is -2.22. The second-order valence-corrected chi connectivity index (χ2v) is 5.19. The van der Waals surface area contributed by atoms with Gasteiger partial charge in [0, 0.05) is 23.6 Å². The van der Waals surface area contributed by atoms with E-state index >= 15 is 0 Å². The van der Waals surface area contributed by atoms with Crippen LogP contribution in [0, 0.1) is 0 Å². The van der Waals surface area contributed by atoms with Crippen molar-refractivity contribution in [3.8, 4) is 0 Å². The molecule has 17 heavy (non-hydrogen) atoms. The number of carbonyl (C=O) groups excluding carboxylic acids is 1. The normalized spacial score (nSPS) is 16.4.